The number of piperidine rings is 1. The van der Waals surface area contributed by atoms with E-state index in [2.05, 4.69) is 5.10 Å². The predicted molar refractivity (Wildman–Crippen MR) is 86.9 cm³/mol. The molecule has 0 bridgehead atoms. The molecule has 1 atom stereocenters. The Labute approximate surface area is 136 Å². The SMILES string of the molecule is CCOCC1CCCN(C(=O)c2cnn3cccc(OC)c23)C1. The molecule has 6 heteroatoms. The maximum atomic E-state index is 12.9. The summed E-state index contributed by atoms with van der Waals surface area (Å²) in [7, 11) is 1.61. The second kappa shape index (κ2) is 7.00. The largest absolute Gasteiger partial charge is 0.494 e. The van der Waals surface area contributed by atoms with Gasteiger partial charge in [-0.05, 0) is 37.8 Å². The van der Waals surface area contributed by atoms with Crippen LogP contribution in [0, 0.1) is 5.92 Å². The van der Waals surface area contributed by atoms with Gasteiger partial charge in [0.05, 0.1) is 25.5 Å². The van der Waals surface area contributed by atoms with Gasteiger partial charge in [0.1, 0.15) is 11.3 Å². The van der Waals surface area contributed by atoms with Gasteiger partial charge in [-0.15, -0.1) is 0 Å². The number of methoxy groups -OCH3 is 1. The number of fused-ring (bicyclic) bond motifs is 1. The number of likely N-dealkylation sites (tertiary alicyclic amines) is 1. The van der Waals surface area contributed by atoms with Gasteiger partial charge < -0.3 is 14.4 Å². The molecular formula is C17H23N3O3. The van der Waals surface area contributed by atoms with Crippen LogP contribution in [0.2, 0.25) is 0 Å². The minimum absolute atomic E-state index is 0.0192. The zero-order chi connectivity index (χ0) is 16.2. The highest BCUT2D eigenvalue weighted by molar-refractivity contribution is 6.02. The smallest absolute Gasteiger partial charge is 0.257 e. The van der Waals surface area contributed by atoms with Gasteiger partial charge in [-0.2, -0.15) is 5.10 Å². The van der Waals surface area contributed by atoms with Crippen molar-refractivity contribution in [3.05, 3.63) is 30.1 Å². The number of aromatic nitrogens is 2. The van der Waals surface area contributed by atoms with Gasteiger partial charge >= 0.3 is 0 Å². The quantitative estimate of drug-likeness (QED) is 0.848. The molecule has 3 heterocycles. The Balaban J connectivity index is 1.83. The molecule has 1 aliphatic rings. The number of hydrogen-bond donors (Lipinski definition) is 0. The normalized spacial score (nSPS) is 18.3. The molecule has 0 spiro atoms. The number of ether oxygens (including phenoxy) is 2. The lowest BCUT2D eigenvalue weighted by molar-refractivity contribution is 0.0502. The van der Waals surface area contributed by atoms with E-state index in [1.54, 1.807) is 17.8 Å². The molecule has 1 aliphatic heterocycles. The average Bonchev–Trinajstić information content (AvgIpc) is 3.03. The van der Waals surface area contributed by atoms with E-state index in [0.29, 0.717) is 17.2 Å². The number of pyridine rings is 1. The van der Waals surface area contributed by atoms with Crippen molar-refractivity contribution < 1.29 is 14.3 Å². The summed E-state index contributed by atoms with van der Waals surface area (Å²) < 4.78 is 12.6. The van der Waals surface area contributed by atoms with Crippen LogP contribution in [0.15, 0.2) is 24.5 Å². The van der Waals surface area contributed by atoms with Crippen molar-refractivity contribution in [1.82, 2.24) is 14.5 Å². The molecule has 6 nitrogen and oxygen atoms in total. The Hall–Kier alpha value is -2.08. The average molecular weight is 317 g/mol. The molecule has 1 fully saturated rings. The first-order valence-electron chi connectivity index (χ1n) is 8.12. The first-order valence-corrected chi connectivity index (χ1v) is 8.12. The van der Waals surface area contributed by atoms with E-state index in [4.69, 9.17) is 9.47 Å². The van der Waals surface area contributed by atoms with E-state index < -0.39 is 0 Å². The molecule has 2 aromatic rings. The molecule has 0 aromatic carbocycles. The highest BCUT2D eigenvalue weighted by Crippen LogP contribution is 2.26. The van der Waals surface area contributed by atoms with Crippen molar-refractivity contribution in [2.45, 2.75) is 19.8 Å². The van der Waals surface area contributed by atoms with E-state index in [0.717, 1.165) is 44.7 Å². The third-order valence-electron chi connectivity index (χ3n) is 4.32. The van der Waals surface area contributed by atoms with E-state index >= 15 is 0 Å². The Morgan fingerprint density at radius 2 is 2.35 bits per heavy atom. The first-order chi connectivity index (χ1) is 11.2. The highest BCUT2D eigenvalue weighted by Gasteiger charge is 2.27. The number of rotatable bonds is 5. The standard InChI is InChI=1S/C17H23N3O3/c1-3-23-12-13-6-4-8-19(11-13)17(21)14-10-18-20-9-5-7-15(22-2)16(14)20/h5,7,9-10,13H,3-4,6,8,11-12H2,1-2H3. The number of carbonyl (C=O) groups excluding carboxylic acids is 1. The summed E-state index contributed by atoms with van der Waals surface area (Å²) in [5.41, 5.74) is 1.33. The summed E-state index contributed by atoms with van der Waals surface area (Å²) >= 11 is 0. The third kappa shape index (κ3) is 3.17. The predicted octanol–water partition coefficient (Wildman–Crippen LogP) is 2.23. The lowest BCUT2D eigenvalue weighted by atomic mass is 9.98. The topological polar surface area (TPSA) is 56.1 Å². The van der Waals surface area contributed by atoms with Crippen LogP contribution in [-0.2, 0) is 4.74 Å². The van der Waals surface area contributed by atoms with E-state index in [9.17, 15) is 4.79 Å². The molecule has 3 rings (SSSR count). The fourth-order valence-electron chi connectivity index (χ4n) is 3.17. The lowest BCUT2D eigenvalue weighted by Gasteiger charge is -2.32. The number of amides is 1. The second-order valence-corrected chi connectivity index (χ2v) is 5.85. The summed E-state index contributed by atoms with van der Waals surface area (Å²) in [6.07, 6.45) is 5.58. The number of hydrogen-bond acceptors (Lipinski definition) is 4. The molecule has 0 aliphatic carbocycles. The molecule has 1 amide bonds. The van der Waals surface area contributed by atoms with Crippen LogP contribution >= 0.6 is 0 Å². The van der Waals surface area contributed by atoms with Crippen LogP contribution < -0.4 is 4.74 Å². The highest BCUT2D eigenvalue weighted by atomic mass is 16.5. The third-order valence-corrected chi connectivity index (χ3v) is 4.32. The van der Waals surface area contributed by atoms with Gasteiger partial charge in [0, 0.05) is 25.9 Å². The van der Waals surface area contributed by atoms with Crippen molar-refractivity contribution >= 4 is 11.4 Å². The van der Waals surface area contributed by atoms with Crippen molar-refractivity contribution in [2.24, 2.45) is 5.92 Å². The fraction of sp³-hybridized carbons (Fsp3) is 0.529. The van der Waals surface area contributed by atoms with Crippen LogP contribution in [-0.4, -0.2) is 53.8 Å². The van der Waals surface area contributed by atoms with Crippen molar-refractivity contribution in [2.75, 3.05) is 33.4 Å². The molecule has 124 valence electrons. The molecule has 2 aromatic heterocycles. The van der Waals surface area contributed by atoms with Crippen molar-refractivity contribution in [3.63, 3.8) is 0 Å². The zero-order valence-electron chi connectivity index (χ0n) is 13.7. The van der Waals surface area contributed by atoms with Crippen LogP contribution in [0.25, 0.3) is 5.52 Å². The molecule has 0 N–H and O–H groups in total. The minimum atomic E-state index is 0.0192. The van der Waals surface area contributed by atoms with Crippen LogP contribution in [0.3, 0.4) is 0 Å². The summed E-state index contributed by atoms with van der Waals surface area (Å²) in [6.45, 7) is 4.96. The Morgan fingerprint density at radius 3 is 3.13 bits per heavy atom. The van der Waals surface area contributed by atoms with E-state index in [-0.39, 0.29) is 5.91 Å². The summed E-state index contributed by atoms with van der Waals surface area (Å²) in [5, 5.41) is 4.28. The fourth-order valence-corrected chi connectivity index (χ4v) is 3.17. The van der Waals surface area contributed by atoms with Gasteiger partial charge in [-0.1, -0.05) is 0 Å². The lowest BCUT2D eigenvalue weighted by Crippen LogP contribution is -2.41. The molecule has 23 heavy (non-hydrogen) atoms. The molecule has 1 unspecified atom stereocenters. The van der Waals surface area contributed by atoms with Gasteiger partial charge in [-0.25, -0.2) is 4.52 Å². The Morgan fingerprint density at radius 1 is 1.48 bits per heavy atom. The second-order valence-electron chi connectivity index (χ2n) is 5.85. The summed E-state index contributed by atoms with van der Waals surface area (Å²) in [6, 6.07) is 3.70. The van der Waals surface area contributed by atoms with Crippen LogP contribution in [0.1, 0.15) is 30.1 Å². The summed E-state index contributed by atoms with van der Waals surface area (Å²) in [4.78, 5) is 14.9. The maximum Gasteiger partial charge on any atom is 0.257 e. The van der Waals surface area contributed by atoms with E-state index in [1.165, 1.54) is 0 Å². The first kappa shape index (κ1) is 15.8. The van der Waals surface area contributed by atoms with Gasteiger partial charge in [0.2, 0.25) is 0 Å². The van der Waals surface area contributed by atoms with Crippen LogP contribution in [0.5, 0.6) is 5.75 Å². The van der Waals surface area contributed by atoms with Crippen molar-refractivity contribution in [1.29, 1.82) is 0 Å². The van der Waals surface area contributed by atoms with Gasteiger partial charge in [0.25, 0.3) is 5.91 Å². The van der Waals surface area contributed by atoms with Crippen LogP contribution in [0.4, 0.5) is 0 Å². The Kier molecular flexibility index (Phi) is 4.81. The number of carbonyl (C=O) groups is 1. The minimum Gasteiger partial charge on any atom is -0.494 e. The van der Waals surface area contributed by atoms with Gasteiger partial charge in [-0.3, -0.25) is 4.79 Å². The van der Waals surface area contributed by atoms with Crippen molar-refractivity contribution in [3.8, 4) is 5.75 Å². The number of nitrogens with zero attached hydrogens (tertiary/aromatic N) is 3. The molecular weight excluding hydrogens is 294 g/mol. The Bertz CT molecular complexity index is 683. The molecule has 1 saturated heterocycles. The van der Waals surface area contributed by atoms with E-state index in [1.807, 2.05) is 30.2 Å². The zero-order valence-corrected chi connectivity index (χ0v) is 13.7. The summed E-state index contributed by atoms with van der Waals surface area (Å²) in [5.74, 6) is 1.10. The maximum absolute atomic E-state index is 12.9. The molecule has 0 radical (unpaired) electrons. The molecule has 0 saturated carbocycles. The van der Waals surface area contributed by atoms with Gasteiger partial charge in [0.15, 0.2) is 0 Å². The monoisotopic (exact) mass is 317 g/mol.